The van der Waals surface area contributed by atoms with Gasteiger partial charge in [-0.25, -0.2) is 5.01 Å². The van der Waals surface area contributed by atoms with E-state index in [0.717, 1.165) is 48.4 Å². The first-order chi connectivity index (χ1) is 13.6. The highest BCUT2D eigenvalue weighted by Gasteiger charge is 2.32. The molecule has 1 fully saturated rings. The van der Waals surface area contributed by atoms with Crippen LogP contribution >= 0.6 is 36.6 Å². The monoisotopic (exact) mass is 469 g/mol. The zero-order chi connectivity index (χ0) is 19.7. The third-order valence-electron chi connectivity index (χ3n) is 5.89. The number of hydrogen-bond acceptors (Lipinski definition) is 5. The molecule has 0 spiro atoms. The first kappa shape index (κ1) is 24.8. The van der Waals surface area contributed by atoms with Crippen LogP contribution in [0.5, 0.6) is 5.75 Å². The first-order valence-corrected chi connectivity index (χ1v) is 10.7. The van der Waals surface area contributed by atoms with Gasteiger partial charge in [-0.2, -0.15) is 0 Å². The number of hydrazine groups is 1. The second kappa shape index (κ2) is 10.7. The molecule has 2 aromatic carbocycles. The summed E-state index contributed by atoms with van der Waals surface area (Å²) in [4.78, 5) is 13.9. The lowest BCUT2D eigenvalue weighted by atomic mass is 9.81. The van der Waals surface area contributed by atoms with Crippen LogP contribution in [0.2, 0.25) is 0 Å². The number of carbonyl (C=O) groups excluding carboxylic acids is 1. The van der Waals surface area contributed by atoms with Crippen LogP contribution in [0.3, 0.4) is 0 Å². The van der Waals surface area contributed by atoms with E-state index in [4.69, 9.17) is 10.6 Å². The molecule has 0 saturated carbocycles. The molecule has 164 valence electrons. The fourth-order valence-corrected chi connectivity index (χ4v) is 5.28. The Kier molecular flexibility index (Phi) is 8.88. The molecule has 4 rings (SSSR count). The fraction of sp³-hybridized carbons (Fsp3) is 0.409. The Balaban J connectivity index is 0.00000160. The van der Waals surface area contributed by atoms with Gasteiger partial charge in [0.15, 0.2) is 0 Å². The van der Waals surface area contributed by atoms with Gasteiger partial charge in [0.25, 0.3) is 5.24 Å². The van der Waals surface area contributed by atoms with E-state index in [0.29, 0.717) is 11.7 Å². The lowest BCUT2D eigenvalue weighted by Crippen LogP contribution is -2.44. The number of anilines is 1. The van der Waals surface area contributed by atoms with Crippen molar-refractivity contribution < 1.29 is 9.53 Å². The summed E-state index contributed by atoms with van der Waals surface area (Å²) in [6.45, 7) is 0.909. The second-order valence-corrected chi connectivity index (χ2v) is 8.53. The number of thioether (sulfide) groups is 1. The summed E-state index contributed by atoms with van der Waals surface area (Å²) >= 11 is 1.34. The minimum absolute atomic E-state index is 0. The fourth-order valence-electron chi connectivity index (χ4n) is 4.48. The number of methoxy groups -OCH3 is 1. The van der Waals surface area contributed by atoms with Gasteiger partial charge in [-0.05, 0) is 54.0 Å². The third-order valence-corrected chi connectivity index (χ3v) is 6.86. The second-order valence-electron chi connectivity index (χ2n) is 7.61. The number of ether oxygens (including phenoxy) is 1. The van der Waals surface area contributed by atoms with Crippen molar-refractivity contribution in [2.24, 2.45) is 11.8 Å². The van der Waals surface area contributed by atoms with Crippen molar-refractivity contribution in [3.63, 3.8) is 0 Å². The normalized spacial score (nSPS) is 21.3. The van der Waals surface area contributed by atoms with Crippen LogP contribution in [-0.4, -0.2) is 31.0 Å². The number of amides is 1. The van der Waals surface area contributed by atoms with Crippen molar-refractivity contribution in [1.82, 2.24) is 5.01 Å². The highest BCUT2D eigenvalue weighted by Crippen LogP contribution is 2.41. The van der Waals surface area contributed by atoms with E-state index < -0.39 is 0 Å². The van der Waals surface area contributed by atoms with Crippen molar-refractivity contribution in [2.75, 3.05) is 25.6 Å². The molecule has 0 aliphatic carbocycles. The van der Waals surface area contributed by atoms with Gasteiger partial charge in [-0.15, -0.1) is 24.8 Å². The molecular weight excluding hydrogens is 441 g/mol. The van der Waals surface area contributed by atoms with Crippen LogP contribution in [0.4, 0.5) is 10.5 Å². The Hall–Kier alpha value is -1.44. The summed E-state index contributed by atoms with van der Waals surface area (Å²) in [5, 5.41) is 2.08. The number of piperidine rings is 1. The van der Waals surface area contributed by atoms with E-state index in [1.165, 1.54) is 17.3 Å². The maximum atomic E-state index is 12.1. The summed E-state index contributed by atoms with van der Waals surface area (Å²) in [6, 6.07) is 14.9. The average Bonchev–Trinajstić information content (AvgIpc) is 2.71. The number of rotatable bonds is 4. The molecule has 0 unspecified atom stereocenters. The van der Waals surface area contributed by atoms with E-state index in [1.807, 2.05) is 18.1 Å². The summed E-state index contributed by atoms with van der Waals surface area (Å²) < 4.78 is 5.73. The van der Waals surface area contributed by atoms with Crippen molar-refractivity contribution in [1.29, 1.82) is 0 Å². The van der Waals surface area contributed by atoms with E-state index >= 15 is 0 Å². The minimum Gasteiger partial charge on any atom is -0.496 e. The number of fused-ring (bicyclic) bond motifs is 1. The smallest absolute Gasteiger partial charge is 0.286 e. The Labute approximate surface area is 195 Å². The van der Waals surface area contributed by atoms with Crippen LogP contribution in [0.15, 0.2) is 42.5 Å². The van der Waals surface area contributed by atoms with Gasteiger partial charge >= 0.3 is 0 Å². The zero-order valence-electron chi connectivity index (χ0n) is 17.2. The van der Waals surface area contributed by atoms with Crippen molar-refractivity contribution in [2.45, 2.75) is 31.1 Å². The van der Waals surface area contributed by atoms with Crippen LogP contribution in [0.1, 0.15) is 35.6 Å². The molecule has 30 heavy (non-hydrogen) atoms. The molecule has 0 radical (unpaired) electrons. The molecule has 5 nitrogen and oxygen atoms in total. The Morgan fingerprint density at radius 2 is 1.93 bits per heavy atom. The number of carbonyl (C=O) groups is 1. The lowest BCUT2D eigenvalue weighted by Gasteiger charge is -2.39. The van der Waals surface area contributed by atoms with Crippen molar-refractivity contribution >= 4 is 47.5 Å². The van der Waals surface area contributed by atoms with Gasteiger partial charge in [0.2, 0.25) is 0 Å². The van der Waals surface area contributed by atoms with Crippen molar-refractivity contribution in [3.05, 3.63) is 59.2 Å². The Morgan fingerprint density at radius 1 is 1.20 bits per heavy atom. The molecule has 0 aromatic heterocycles. The van der Waals surface area contributed by atoms with Crippen molar-refractivity contribution in [3.8, 4) is 5.75 Å². The molecule has 2 aliphatic heterocycles. The first-order valence-electron chi connectivity index (χ1n) is 9.75. The molecule has 8 heteroatoms. The average molecular weight is 470 g/mol. The highest BCUT2D eigenvalue weighted by molar-refractivity contribution is 8.13. The van der Waals surface area contributed by atoms with Crippen LogP contribution in [-0.2, 0) is 12.2 Å². The van der Waals surface area contributed by atoms with Gasteiger partial charge in [-0.3, -0.25) is 10.6 Å². The van der Waals surface area contributed by atoms with Crippen LogP contribution in [0, 0.1) is 5.92 Å². The molecule has 2 N–H and O–H groups in total. The Morgan fingerprint density at radius 3 is 2.63 bits per heavy atom. The van der Waals surface area contributed by atoms with E-state index in [1.54, 1.807) is 12.0 Å². The van der Waals surface area contributed by atoms with Crippen LogP contribution < -0.4 is 15.5 Å². The van der Waals surface area contributed by atoms with Crippen LogP contribution in [0.25, 0.3) is 0 Å². The molecule has 2 heterocycles. The number of benzene rings is 2. The maximum Gasteiger partial charge on any atom is 0.286 e. The molecule has 2 atom stereocenters. The van der Waals surface area contributed by atoms with Gasteiger partial charge in [-0.1, -0.05) is 42.1 Å². The summed E-state index contributed by atoms with van der Waals surface area (Å²) in [6.07, 6.45) is 3.09. The molecule has 1 saturated heterocycles. The third kappa shape index (κ3) is 4.89. The number of nitrogens with zero attached hydrogens (tertiary/aromatic N) is 2. The molecule has 1 amide bonds. The van der Waals surface area contributed by atoms with Gasteiger partial charge in [0.1, 0.15) is 5.75 Å². The number of halogens is 2. The van der Waals surface area contributed by atoms with Gasteiger partial charge in [0.05, 0.1) is 13.2 Å². The quantitative estimate of drug-likeness (QED) is 0.622. The van der Waals surface area contributed by atoms with E-state index in [2.05, 4.69) is 36.4 Å². The summed E-state index contributed by atoms with van der Waals surface area (Å²) in [5.74, 6) is 8.42. The molecule has 2 aromatic rings. The predicted molar refractivity (Wildman–Crippen MR) is 129 cm³/mol. The van der Waals surface area contributed by atoms with E-state index in [-0.39, 0.29) is 36.1 Å². The van der Waals surface area contributed by atoms with Gasteiger partial charge < -0.3 is 9.64 Å². The maximum absolute atomic E-state index is 12.1. The summed E-state index contributed by atoms with van der Waals surface area (Å²) in [5.41, 5.74) is 4.55. The number of nitrogens with two attached hydrogens (primary N) is 1. The number of hydrogen-bond donors (Lipinski definition) is 1. The Bertz CT molecular complexity index is 869. The van der Waals surface area contributed by atoms with E-state index in [9.17, 15) is 4.79 Å². The largest absolute Gasteiger partial charge is 0.496 e. The molecule has 2 aliphatic rings. The predicted octanol–water partition coefficient (Wildman–Crippen LogP) is 5.21. The SMILES string of the molecule is COc1cc2c(cc1C[C@@H]1CCCN(N)[C@@H]1c1ccccc1)N(C)C(=O)SC2.Cl.Cl. The molecular formula is C22H29Cl2N3O2S. The zero-order valence-corrected chi connectivity index (χ0v) is 19.7. The standard InChI is InChI=1S/C22H27N3O2S.2ClH/c1-24-19-12-17(20(27-2)13-18(19)14-28-22(24)26)11-16-9-6-10-25(23)21(16)15-7-4-3-5-8-15;;/h3-5,7-8,12-13,16,21H,6,9-11,14,23H2,1-2H3;2*1H/t16-,21+;;/m0../s1. The van der Waals surface area contributed by atoms with Gasteiger partial charge in [0, 0.05) is 25.0 Å². The topological polar surface area (TPSA) is 58.8 Å². The summed E-state index contributed by atoms with van der Waals surface area (Å²) in [7, 11) is 3.57. The minimum atomic E-state index is 0. The molecule has 0 bridgehead atoms. The lowest BCUT2D eigenvalue weighted by molar-refractivity contribution is 0.0923. The highest BCUT2D eigenvalue weighted by atomic mass is 35.5.